The van der Waals surface area contributed by atoms with Gasteiger partial charge in [-0.1, -0.05) is 33.1 Å². The molecule has 0 aliphatic rings. The standard InChI is InChI=1S/C12H24O4/c1-3-5-7-11(12(13)14)8-10-16-15-9-6-4-2/h11H,3-10H2,1-2H3,(H,13,14). The van der Waals surface area contributed by atoms with Crippen LogP contribution in [0, 0.1) is 5.92 Å². The molecule has 4 nitrogen and oxygen atoms in total. The van der Waals surface area contributed by atoms with Gasteiger partial charge in [-0.3, -0.25) is 4.79 Å². The molecule has 1 unspecified atom stereocenters. The van der Waals surface area contributed by atoms with Crippen LogP contribution in [0.15, 0.2) is 0 Å². The maximum atomic E-state index is 10.9. The molecular formula is C12H24O4. The van der Waals surface area contributed by atoms with E-state index in [1.165, 1.54) is 0 Å². The summed E-state index contributed by atoms with van der Waals surface area (Å²) < 4.78 is 0. The maximum absolute atomic E-state index is 10.9. The highest BCUT2D eigenvalue weighted by Gasteiger charge is 2.16. The van der Waals surface area contributed by atoms with E-state index < -0.39 is 5.97 Å². The van der Waals surface area contributed by atoms with Crippen molar-refractivity contribution in [3.63, 3.8) is 0 Å². The van der Waals surface area contributed by atoms with E-state index in [4.69, 9.17) is 14.9 Å². The Kier molecular flexibility index (Phi) is 10.5. The third-order valence-corrected chi connectivity index (χ3v) is 2.47. The summed E-state index contributed by atoms with van der Waals surface area (Å²) in [5.74, 6) is -1.03. The van der Waals surface area contributed by atoms with E-state index in [0.29, 0.717) is 19.6 Å². The molecule has 16 heavy (non-hydrogen) atoms. The first kappa shape index (κ1) is 15.4. The van der Waals surface area contributed by atoms with Gasteiger partial charge in [-0.05, 0) is 19.3 Å². The Bertz CT molecular complexity index is 170. The molecular weight excluding hydrogens is 208 g/mol. The van der Waals surface area contributed by atoms with Gasteiger partial charge in [0.25, 0.3) is 0 Å². The van der Waals surface area contributed by atoms with E-state index in [-0.39, 0.29) is 5.92 Å². The molecule has 0 aromatic rings. The van der Waals surface area contributed by atoms with Crippen molar-refractivity contribution in [1.82, 2.24) is 0 Å². The van der Waals surface area contributed by atoms with Crippen molar-refractivity contribution in [3.05, 3.63) is 0 Å². The number of carboxylic acid groups (broad SMARTS) is 1. The lowest BCUT2D eigenvalue weighted by atomic mass is 9.99. The molecule has 1 N–H and O–H groups in total. The lowest BCUT2D eigenvalue weighted by Gasteiger charge is -2.11. The van der Waals surface area contributed by atoms with Crippen LogP contribution in [0.1, 0.15) is 52.4 Å². The Hall–Kier alpha value is -0.610. The van der Waals surface area contributed by atoms with Gasteiger partial charge in [-0.15, -0.1) is 0 Å². The van der Waals surface area contributed by atoms with Gasteiger partial charge in [0.2, 0.25) is 0 Å². The highest BCUT2D eigenvalue weighted by atomic mass is 17.2. The summed E-state index contributed by atoms with van der Waals surface area (Å²) in [6, 6.07) is 0. The monoisotopic (exact) mass is 232 g/mol. The first-order valence-corrected chi connectivity index (χ1v) is 6.19. The van der Waals surface area contributed by atoms with Crippen molar-refractivity contribution in [2.75, 3.05) is 13.2 Å². The third kappa shape index (κ3) is 8.68. The first-order valence-electron chi connectivity index (χ1n) is 6.19. The molecule has 0 fully saturated rings. The van der Waals surface area contributed by atoms with Crippen molar-refractivity contribution in [3.8, 4) is 0 Å². The smallest absolute Gasteiger partial charge is 0.306 e. The predicted molar refractivity (Wildman–Crippen MR) is 62.1 cm³/mol. The van der Waals surface area contributed by atoms with E-state index in [1.54, 1.807) is 0 Å². The topological polar surface area (TPSA) is 55.8 Å². The number of aliphatic carboxylic acids is 1. The molecule has 4 heteroatoms. The van der Waals surface area contributed by atoms with Crippen LogP contribution in [0.3, 0.4) is 0 Å². The average Bonchev–Trinajstić information content (AvgIpc) is 2.26. The normalized spacial score (nSPS) is 12.6. The fourth-order valence-corrected chi connectivity index (χ4v) is 1.35. The fourth-order valence-electron chi connectivity index (χ4n) is 1.35. The molecule has 0 rings (SSSR count). The minimum Gasteiger partial charge on any atom is -0.481 e. The van der Waals surface area contributed by atoms with Crippen LogP contribution in [0.2, 0.25) is 0 Å². The molecule has 0 bridgehead atoms. The van der Waals surface area contributed by atoms with E-state index >= 15 is 0 Å². The Morgan fingerprint density at radius 2 is 1.69 bits per heavy atom. The Balaban J connectivity index is 3.48. The second kappa shape index (κ2) is 10.9. The summed E-state index contributed by atoms with van der Waals surface area (Å²) in [5.41, 5.74) is 0. The summed E-state index contributed by atoms with van der Waals surface area (Å²) >= 11 is 0. The van der Waals surface area contributed by atoms with Gasteiger partial charge in [0.1, 0.15) is 0 Å². The van der Waals surface area contributed by atoms with Crippen LogP contribution in [0.4, 0.5) is 0 Å². The first-order chi connectivity index (χ1) is 7.72. The zero-order chi connectivity index (χ0) is 12.2. The largest absolute Gasteiger partial charge is 0.481 e. The molecule has 0 aromatic carbocycles. The van der Waals surface area contributed by atoms with Crippen LogP contribution in [-0.4, -0.2) is 24.3 Å². The molecule has 0 aromatic heterocycles. The molecule has 1 atom stereocenters. The highest BCUT2D eigenvalue weighted by Crippen LogP contribution is 2.13. The van der Waals surface area contributed by atoms with Gasteiger partial charge in [0.15, 0.2) is 0 Å². The van der Waals surface area contributed by atoms with Crippen molar-refractivity contribution in [1.29, 1.82) is 0 Å². The van der Waals surface area contributed by atoms with Crippen molar-refractivity contribution in [2.24, 2.45) is 5.92 Å². The highest BCUT2D eigenvalue weighted by molar-refractivity contribution is 5.69. The van der Waals surface area contributed by atoms with Crippen LogP contribution in [0.25, 0.3) is 0 Å². The van der Waals surface area contributed by atoms with E-state index in [9.17, 15) is 4.79 Å². The quantitative estimate of drug-likeness (QED) is 0.338. The number of hydrogen-bond acceptors (Lipinski definition) is 3. The summed E-state index contributed by atoms with van der Waals surface area (Å²) in [4.78, 5) is 20.7. The van der Waals surface area contributed by atoms with Crippen molar-refractivity contribution in [2.45, 2.75) is 52.4 Å². The Labute approximate surface area is 97.9 Å². The van der Waals surface area contributed by atoms with Crippen LogP contribution < -0.4 is 0 Å². The van der Waals surface area contributed by atoms with Crippen LogP contribution >= 0.6 is 0 Å². The zero-order valence-corrected chi connectivity index (χ0v) is 10.4. The molecule has 0 amide bonds. The SMILES string of the molecule is CCCCOOCCC(CCCC)C(=O)O. The third-order valence-electron chi connectivity index (χ3n) is 2.47. The molecule has 0 aliphatic heterocycles. The number of unbranched alkanes of at least 4 members (excludes halogenated alkanes) is 2. The second-order valence-electron chi connectivity index (χ2n) is 3.96. The van der Waals surface area contributed by atoms with E-state index in [1.807, 2.05) is 0 Å². The summed E-state index contributed by atoms with van der Waals surface area (Å²) in [6.45, 7) is 5.09. The molecule has 0 saturated carbocycles. The summed E-state index contributed by atoms with van der Waals surface area (Å²) in [5, 5.41) is 8.94. The van der Waals surface area contributed by atoms with Crippen molar-refractivity contribution >= 4 is 5.97 Å². The van der Waals surface area contributed by atoms with Crippen molar-refractivity contribution < 1.29 is 19.7 Å². The van der Waals surface area contributed by atoms with Gasteiger partial charge in [-0.2, -0.15) is 0 Å². The molecule has 0 spiro atoms. The number of carbonyl (C=O) groups is 1. The van der Waals surface area contributed by atoms with Gasteiger partial charge in [0.05, 0.1) is 19.1 Å². The molecule has 0 heterocycles. The van der Waals surface area contributed by atoms with Gasteiger partial charge >= 0.3 is 5.97 Å². The van der Waals surface area contributed by atoms with Gasteiger partial charge in [-0.25, -0.2) is 9.78 Å². The molecule has 0 aliphatic carbocycles. The number of rotatable bonds is 11. The van der Waals surface area contributed by atoms with Gasteiger partial charge in [0, 0.05) is 0 Å². The maximum Gasteiger partial charge on any atom is 0.306 e. The van der Waals surface area contributed by atoms with Gasteiger partial charge < -0.3 is 5.11 Å². The molecule has 0 radical (unpaired) electrons. The van der Waals surface area contributed by atoms with Crippen LogP contribution in [-0.2, 0) is 14.6 Å². The summed E-state index contributed by atoms with van der Waals surface area (Å²) in [7, 11) is 0. The minimum atomic E-state index is -0.731. The number of carboxylic acids is 1. The lowest BCUT2D eigenvalue weighted by molar-refractivity contribution is -0.296. The minimum absolute atomic E-state index is 0.297. The van der Waals surface area contributed by atoms with E-state index in [2.05, 4.69) is 13.8 Å². The summed E-state index contributed by atoms with van der Waals surface area (Å²) in [6.07, 6.45) is 5.27. The zero-order valence-electron chi connectivity index (χ0n) is 10.4. The Morgan fingerprint density at radius 1 is 1.06 bits per heavy atom. The number of hydrogen-bond donors (Lipinski definition) is 1. The molecule has 0 saturated heterocycles. The molecule has 96 valence electrons. The van der Waals surface area contributed by atoms with E-state index in [0.717, 1.165) is 32.1 Å². The Morgan fingerprint density at radius 3 is 2.25 bits per heavy atom. The fraction of sp³-hybridized carbons (Fsp3) is 0.917. The second-order valence-corrected chi connectivity index (χ2v) is 3.96. The average molecular weight is 232 g/mol. The van der Waals surface area contributed by atoms with Crippen LogP contribution in [0.5, 0.6) is 0 Å². The lowest BCUT2D eigenvalue weighted by Crippen LogP contribution is -2.16. The predicted octanol–water partition coefficient (Wildman–Crippen LogP) is 3.02.